The van der Waals surface area contributed by atoms with Gasteiger partial charge in [0.1, 0.15) is 17.1 Å². The predicted octanol–water partition coefficient (Wildman–Crippen LogP) is 2.77. The third-order valence-corrected chi connectivity index (χ3v) is 5.93. The van der Waals surface area contributed by atoms with E-state index in [1.54, 1.807) is 29.6 Å². The molecule has 1 aliphatic rings. The van der Waals surface area contributed by atoms with Gasteiger partial charge in [-0.1, -0.05) is 0 Å². The molecule has 4 rings (SSSR count). The molecule has 26 heavy (non-hydrogen) atoms. The Kier molecular flexibility index (Phi) is 4.25. The molecule has 0 spiro atoms. The number of esters is 1. The third kappa shape index (κ3) is 3.11. The SMILES string of the molecule is CC1Sc2ccc(C(=O)OCc3nc4ccsc4c(=O)[nH]3)cc2NC1=O. The lowest BCUT2D eigenvalue weighted by Crippen LogP contribution is -2.26. The van der Waals surface area contributed by atoms with Crippen LogP contribution in [0.3, 0.4) is 0 Å². The van der Waals surface area contributed by atoms with Crippen molar-refractivity contribution < 1.29 is 14.3 Å². The zero-order chi connectivity index (χ0) is 18.3. The summed E-state index contributed by atoms with van der Waals surface area (Å²) in [5.74, 6) is -0.373. The molecule has 1 unspecified atom stereocenters. The molecule has 0 saturated heterocycles. The third-order valence-electron chi connectivity index (χ3n) is 3.85. The Hall–Kier alpha value is -2.65. The van der Waals surface area contributed by atoms with Crippen molar-refractivity contribution in [1.29, 1.82) is 0 Å². The number of fused-ring (bicyclic) bond motifs is 2. The van der Waals surface area contributed by atoms with Gasteiger partial charge in [-0.15, -0.1) is 23.1 Å². The second kappa shape index (κ2) is 6.58. The summed E-state index contributed by atoms with van der Waals surface area (Å²) in [5, 5.41) is 4.39. The van der Waals surface area contributed by atoms with Gasteiger partial charge in [0, 0.05) is 4.90 Å². The van der Waals surface area contributed by atoms with Gasteiger partial charge in [0.25, 0.3) is 5.56 Å². The first-order valence-corrected chi connectivity index (χ1v) is 9.52. The number of aromatic nitrogens is 2. The van der Waals surface area contributed by atoms with E-state index < -0.39 is 5.97 Å². The van der Waals surface area contributed by atoms with Crippen LogP contribution in [-0.4, -0.2) is 27.1 Å². The summed E-state index contributed by atoms with van der Waals surface area (Å²) in [4.78, 5) is 43.8. The molecular formula is C17H13N3O4S2. The summed E-state index contributed by atoms with van der Waals surface area (Å²) in [6, 6.07) is 6.76. The monoisotopic (exact) mass is 387 g/mol. The minimum absolute atomic E-state index is 0.0983. The van der Waals surface area contributed by atoms with Gasteiger partial charge in [-0.25, -0.2) is 9.78 Å². The Morgan fingerprint density at radius 1 is 1.31 bits per heavy atom. The van der Waals surface area contributed by atoms with E-state index >= 15 is 0 Å². The van der Waals surface area contributed by atoms with E-state index in [-0.39, 0.29) is 29.1 Å². The molecule has 1 atom stereocenters. The molecule has 132 valence electrons. The van der Waals surface area contributed by atoms with Gasteiger partial charge in [-0.3, -0.25) is 9.59 Å². The van der Waals surface area contributed by atoms with Crippen molar-refractivity contribution in [3.63, 3.8) is 0 Å². The molecule has 3 aromatic rings. The van der Waals surface area contributed by atoms with Crippen molar-refractivity contribution in [3.05, 3.63) is 51.4 Å². The average molecular weight is 387 g/mol. The fourth-order valence-electron chi connectivity index (χ4n) is 2.54. The first-order valence-electron chi connectivity index (χ1n) is 7.76. The second-order valence-corrected chi connectivity index (χ2v) is 7.98. The highest BCUT2D eigenvalue weighted by Crippen LogP contribution is 2.36. The van der Waals surface area contributed by atoms with Gasteiger partial charge in [0.2, 0.25) is 5.91 Å². The molecule has 2 N–H and O–H groups in total. The van der Waals surface area contributed by atoms with E-state index in [1.165, 1.54) is 23.1 Å². The standard InChI is InChI=1S/C17H13N3O4S2/c1-8-15(21)19-11-6-9(2-3-12(11)26-8)17(23)24-7-13-18-10-4-5-25-14(10)16(22)20-13/h2-6,8H,7H2,1H3,(H,19,21)(H,18,20,22). The van der Waals surface area contributed by atoms with Crippen LogP contribution in [0.4, 0.5) is 5.69 Å². The Labute approximate surface area is 155 Å². The number of H-pyrrole nitrogens is 1. The number of thiophene rings is 1. The number of amides is 1. The quantitative estimate of drug-likeness (QED) is 0.670. The minimum atomic E-state index is -0.557. The number of anilines is 1. The van der Waals surface area contributed by atoms with Crippen LogP contribution in [0.5, 0.6) is 0 Å². The summed E-state index contributed by atoms with van der Waals surface area (Å²) in [6.45, 7) is 1.68. The number of hydrogen-bond donors (Lipinski definition) is 2. The molecule has 0 radical (unpaired) electrons. The lowest BCUT2D eigenvalue weighted by molar-refractivity contribution is -0.115. The molecule has 3 heterocycles. The summed E-state index contributed by atoms with van der Waals surface area (Å²) >= 11 is 2.75. The maximum Gasteiger partial charge on any atom is 0.338 e. The largest absolute Gasteiger partial charge is 0.454 e. The molecule has 0 aliphatic carbocycles. The summed E-state index contributed by atoms with van der Waals surface area (Å²) < 4.78 is 5.79. The molecule has 1 aliphatic heterocycles. The normalized spacial score (nSPS) is 16.2. The predicted molar refractivity (Wildman–Crippen MR) is 99.8 cm³/mol. The molecule has 0 fully saturated rings. The highest BCUT2D eigenvalue weighted by Gasteiger charge is 2.24. The van der Waals surface area contributed by atoms with Crippen LogP contribution in [0.2, 0.25) is 0 Å². The highest BCUT2D eigenvalue weighted by molar-refractivity contribution is 8.00. The van der Waals surface area contributed by atoms with E-state index in [0.717, 1.165) is 4.90 Å². The number of carbonyl (C=O) groups excluding carboxylic acids is 2. The molecule has 2 aromatic heterocycles. The summed E-state index contributed by atoms with van der Waals surface area (Å²) in [5.41, 5.74) is 1.24. The lowest BCUT2D eigenvalue weighted by Gasteiger charge is -2.21. The van der Waals surface area contributed by atoms with Gasteiger partial charge in [-0.05, 0) is 36.6 Å². The fraction of sp³-hybridized carbons (Fsp3) is 0.176. The van der Waals surface area contributed by atoms with E-state index in [2.05, 4.69) is 15.3 Å². The molecule has 0 saturated carbocycles. The molecular weight excluding hydrogens is 374 g/mol. The topological polar surface area (TPSA) is 101 Å². The zero-order valence-electron chi connectivity index (χ0n) is 13.6. The average Bonchev–Trinajstić information content (AvgIpc) is 3.09. The van der Waals surface area contributed by atoms with Gasteiger partial charge in [-0.2, -0.15) is 0 Å². The number of thioether (sulfide) groups is 1. The smallest absolute Gasteiger partial charge is 0.338 e. The van der Waals surface area contributed by atoms with Crippen LogP contribution in [0, 0.1) is 0 Å². The number of ether oxygens (including phenoxy) is 1. The number of carbonyl (C=O) groups is 2. The molecule has 1 amide bonds. The lowest BCUT2D eigenvalue weighted by atomic mass is 10.2. The van der Waals surface area contributed by atoms with Gasteiger partial charge < -0.3 is 15.0 Å². The molecule has 9 heteroatoms. The van der Waals surface area contributed by atoms with E-state index in [4.69, 9.17) is 4.74 Å². The second-order valence-electron chi connectivity index (χ2n) is 5.68. The van der Waals surface area contributed by atoms with Gasteiger partial charge in [0.05, 0.1) is 22.0 Å². The van der Waals surface area contributed by atoms with Crippen LogP contribution in [-0.2, 0) is 16.1 Å². The van der Waals surface area contributed by atoms with Gasteiger partial charge in [0.15, 0.2) is 0 Å². The molecule has 1 aromatic carbocycles. The number of benzene rings is 1. The Balaban J connectivity index is 1.50. The van der Waals surface area contributed by atoms with Crippen LogP contribution in [0.1, 0.15) is 23.1 Å². The van der Waals surface area contributed by atoms with Crippen molar-refractivity contribution in [2.45, 2.75) is 23.7 Å². The zero-order valence-corrected chi connectivity index (χ0v) is 15.2. The van der Waals surface area contributed by atoms with Crippen LogP contribution in [0.25, 0.3) is 10.2 Å². The number of rotatable bonds is 3. The van der Waals surface area contributed by atoms with Gasteiger partial charge >= 0.3 is 5.97 Å². The minimum Gasteiger partial charge on any atom is -0.454 e. The van der Waals surface area contributed by atoms with E-state index in [1.807, 2.05) is 6.92 Å². The summed E-state index contributed by atoms with van der Waals surface area (Å²) in [6.07, 6.45) is 0. The molecule has 7 nitrogen and oxygen atoms in total. The first kappa shape index (κ1) is 16.8. The number of nitrogens with zero attached hydrogens (tertiary/aromatic N) is 1. The maximum absolute atomic E-state index is 12.3. The van der Waals surface area contributed by atoms with Crippen molar-refractivity contribution in [2.24, 2.45) is 0 Å². The van der Waals surface area contributed by atoms with E-state index in [9.17, 15) is 14.4 Å². The summed E-state index contributed by atoms with van der Waals surface area (Å²) in [7, 11) is 0. The number of nitrogens with one attached hydrogen (secondary N) is 2. The van der Waals surface area contributed by atoms with Crippen molar-refractivity contribution >= 4 is 50.9 Å². The first-order chi connectivity index (χ1) is 12.5. The highest BCUT2D eigenvalue weighted by atomic mass is 32.2. The Bertz CT molecular complexity index is 1090. The van der Waals surface area contributed by atoms with Crippen molar-refractivity contribution in [3.8, 4) is 0 Å². The fourth-order valence-corrected chi connectivity index (χ4v) is 4.20. The van der Waals surface area contributed by atoms with Crippen LogP contribution >= 0.6 is 23.1 Å². The maximum atomic E-state index is 12.3. The Morgan fingerprint density at radius 3 is 3.00 bits per heavy atom. The number of hydrogen-bond acceptors (Lipinski definition) is 7. The molecule has 0 bridgehead atoms. The van der Waals surface area contributed by atoms with E-state index in [0.29, 0.717) is 21.5 Å². The van der Waals surface area contributed by atoms with Crippen LogP contribution < -0.4 is 10.9 Å². The Morgan fingerprint density at radius 2 is 2.15 bits per heavy atom. The van der Waals surface area contributed by atoms with Crippen molar-refractivity contribution in [1.82, 2.24) is 9.97 Å². The van der Waals surface area contributed by atoms with Crippen molar-refractivity contribution in [2.75, 3.05) is 5.32 Å². The number of aromatic amines is 1. The van der Waals surface area contributed by atoms with Crippen LogP contribution in [0.15, 0.2) is 39.3 Å².